The maximum atomic E-state index is 13.2. The first kappa shape index (κ1) is 24.2. The minimum Gasteiger partial charge on any atom is -0.365 e. The molecule has 182 valence electrons. The third-order valence-corrected chi connectivity index (χ3v) is 8.27. The molecule has 0 radical (unpaired) electrons. The molecular formula is C22H8F6N4OS3. The fraction of sp³-hybridized carbons (Fsp3) is 0.0909. The van der Waals surface area contributed by atoms with Crippen molar-refractivity contribution in [1.29, 1.82) is 5.26 Å². The highest BCUT2D eigenvalue weighted by atomic mass is 32.1. The monoisotopic (exact) mass is 554 g/mol. The third kappa shape index (κ3) is 4.08. The molecule has 1 amide bonds. The largest absolute Gasteiger partial charge is 0.416 e. The number of aromatic nitrogens is 2. The van der Waals surface area contributed by atoms with Crippen LogP contribution in [0.3, 0.4) is 0 Å². The van der Waals surface area contributed by atoms with Gasteiger partial charge in [-0.2, -0.15) is 31.6 Å². The molecule has 0 bridgehead atoms. The summed E-state index contributed by atoms with van der Waals surface area (Å²) in [5.74, 6) is -0.895. The number of thiophene rings is 1. The van der Waals surface area contributed by atoms with Crippen LogP contribution in [-0.4, -0.2) is 15.9 Å². The molecule has 5 nitrogen and oxygen atoms in total. The maximum Gasteiger partial charge on any atom is 0.416 e. The van der Waals surface area contributed by atoms with Crippen molar-refractivity contribution < 1.29 is 31.1 Å². The summed E-state index contributed by atoms with van der Waals surface area (Å²) in [5, 5.41) is 10.0. The van der Waals surface area contributed by atoms with Crippen LogP contribution in [0, 0.1) is 11.3 Å². The Hall–Kier alpha value is -3.54. The number of carbonyl (C=O) groups excluding carboxylic acids is 1. The fourth-order valence-corrected chi connectivity index (χ4v) is 6.71. The van der Waals surface area contributed by atoms with E-state index in [0.717, 1.165) is 58.3 Å². The maximum absolute atomic E-state index is 13.2. The van der Waals surface area contributed by atoms with Gasteiger partial charge in [0.2, 0.25) is 0 Å². The standard InChI is InChI=1S/C22H8F6N4OS3/c23-21(24,25)8-1-3-10-12(5-8)35-19(31-10)15-14(7-29)34-17(18(30)33)16(15)20-32-11-4-2-9(22(26,27)28)6-13(11)36-20/h1-6H,(H2,30,33). The number of benzene rings is 2. The lowest BCUT2D eigenvalue weighted by molar-refractivity contribution is -0.138. The summed E-state index contributed by atoms with van der Waals surface area (Å²) in [6, 6.07) is 7.95. The topological polar surface area (TPSA) is 92.7 Å². The summed E-state index contributed by atoms with van der Waals surface area (Å²) in [6.07, 6.45) is -9.15. The Balaban J connectivity index is 1.75. The third-order valence-electron chi connectivity index (χ3n) is 5.09. The zero-order valence-corrected chi connectivity index (χ0v) is 19.7. The van der Waals surface area contributed by atoms with E-state index in [1.165, 1.54) is 12.1 Å². The normalized spacial score (nSPS) is 12.4. The molecule has 0 aliphatic heterocycles. The molecule has 0 saturated carbocycles. The van der Waals surface area contributed by atoms with Gasteiger partial charge in [0.05, 0.1) is 37.1 Å². The molecule has 2 aromatic carbocycles. The van der Waals surface area contributed by atoms with Crippen molar-refractivity contribution in [1.82, 2.24) is 9.97 Å². The molecule has 36 heavy (non-hydrogen) atoms. The first-order valence-corrected chi connectivity index (χ1v) is 12.1. The van der Waals surface area contributed by atoms with E-state index in [1.54, 1.807) is 0 Å². The Morgan fingerprint density at radius 1 is 0.806 bits per heavy atom. The average molecular weight is 555 g/mol. The number of hydrogen-bond donors (Lipinski definition) is 1. The van der Waals surface area contributed by atoms with E-state index >= 15 is 0 Å². The summed E-state index contributed by atoms with van der Waals surface area (Å²) >= 11 is 2.50. The molecule has 0 atom stereocenters. The molecule has 3 heterocycles. The van der Waals surface area contributed by atoms with Gasteiger partial charge in [0.1, 0.15) is 25.8 Å². The molecule has 0 unspecified atom stereocenters. The van der Waals surface area contributed by atoms with Crippen LogP contribution < -0.4 is 5.73 Å². The van der Waals surface area contributed by atoms with Crippen LogP contribution in [-0.2, 0) is 12.4 Å². The Morgan fingerprint density at radius 3 is 1.69 bits per heavy atom. The molecule has 0 saturated heterocycles. The molecular weight excluding hydrogens is 546 g/mol. The molecule has 14 heteroatoms. The van der Waals surface area contributed by atoms with Gasteiger partial charge >= 0.3 is 12.4 Å². The average Bonchev–Trinajstić information content (AvgIpc) is 3.49. The van der Waals surface area contributed by atoms with Gasteiger partial charge in [-0.3, -0.25) is 4.79 Å². The fourth-order valence-electron chi connectivity index (χ4n) is 3.51. The van der Waals surface area contributed by atoms with Crippen LogP contribution in [0.25, 0.3) is 41.6 Å². The molecule has 5 rings (SSSR count). The van der Waals surface area contributed by atoms with Crippen molar-refractivity contribution in [2.24, 2.45) is 5.73 Å². The van der Waals surface area contributed by atoms with E-state index in [9.17, 15) is 36.4 Å². The summed E-state index contributed by atoms with van der Waals surface area (Å²) in [6.45, 7) is 0. The molecule has 3 aromatic heterocycles. The minimum absolute atomic E-state index is 0.0177. The van der Waals surface area contributed by atoms with E-state index in [-0.39, 0.29) is 51.3 Å². The Labute approximate surface area is 209 Å². The van der Waals surface area contributed by atoms with Crippen LogP contribution in [0.15, 0.2) is 36.4 Å². The molecule has 0 spiro atoms. The van der Waals surface area contributed by atoms with Crippen LogP contribution in [0.4, 0.5) is 26.3 Å². The molecule has 0 aliphatic rings. The smallest absolute Gasteiger partial charge is 0.365 e. The highest BCUT2D eigenvalue weighted by Gasteiger charge is 2.33. The Kier molecular flexibility index (Phi) is 5.54. The van der Waals surface area contributed by atoms with E-state index in [2.05, 4.69) is 9.97 Å². The lowest BCUT2D eigenvalue weighted by Crippen LogP contribution is -2.10. The zero-order chi connectivity index (χ0) is 26.0. The first-order chi connectivity index (χ1) is 16.9. The number of nitriles is 1. The van der Waals surface area contributed by atoms with Gasteiger partial charge in [-0.15, -0.1) is 34.0 Å². The second-order valence-electron chi connectivity index (χ2n) is 7.38. The predicted molar refractivity (Wildman–Crippen MR) is 125 cm³/mol. The zero-order valence-electron chi connectivity index (χ0n) is 17.3. The number of alkyl halides is 6. The predicted octanol–water partition coefficient (Wildman–Crippen LogP) is 7.31. The number of hydrogen-bond acceptors (Lipinski definition) is 7. The van der Waals surface area contributed by atoms with Crippen LogP contribution >= 0.6 is 34.0 Å². The number of nitrogens with two attached hydrogens (primary N) is 1. The van der Waals surface area contributed by atoms with Gasteiger partial charge in [0.15, 0.2) is 0 Å². The number of amides is 1. The number of rotatable bonds is 3. The number of thiazole rings is 2. The van der Waals surface area contributed by atoms with Gasteiger partial charge in [-0.25, -0.2) is 9.97 Å². The van der Waals surface area contributed by atoms with E-state index < -0.39 is 29.4 Å². The quantitative estimate of drug-likeness (QED) is 0.237. The molecule has 2 N–H and O–H groups in total. The molecule has 5 aromatic rings. The first-order valence-electron chi connectivity index (χ1n) is 9.70. The number of fused-ring (bicyclic) bond motifs is 2. The van der Waals surface area contributed by atoms with Gasteiger partial charge < -0.3 is 5.73 Å². The van der Waals surface area contributed by atoms with Crippen LogP contribution in [0.2, 0.25) is 0 Å². The summed E-state index contributed by atoms with van der Waals surface area (Å²) in [7, 11) is 0. The lowest BCUT2D eigenvalue weighted by Gasteiger charge is -2.04. The number of halogens is 6. The summed E-state index contributed by atoms with van der Waals surface area (Å²) in [4.78, 5) is 20.9. The SMILES string of the molecule is N#Cc1sc(C(N)=O)c(-c2nc3ccc(C(F)(F)F)cc3s2)c1-c1nc2ccc(C(F)(F)F)cc2s1. The summed E-state index contributed by atoms with van der Waals surface area (Å²) < 4.78 is 79.4. The number of carbonyl (C=O) groups is 1. The highest BCUT2D eigenvalue weighted by molar-refractivity contribution is 7.24. The van der Waals surface area contributed by atoms with Crippen LogP contribution in [0.5, 0.6) is 0 Å². The van der Waals surface area contributed by atoms with Crippen LogP contribution in [0.1, 0.15) is 25.7 Å². The van der Waals surface area contributed by atoms with Gasteiger partial charge in [0.25, 0.3) is 5.91 Å². The van der Waals surface area contributed by atoms with Crippen molar-refractivity contribution in [3.05, 3.63) is 57.3 Å². The number of primary amides is 1. The second kappa shape index (κ2) is 8.26. The summed E-state index contributed by atoms with van der Waals surface area (Å²) in [5.41, 5.74) is 4.49. The van der Waals surface area contributed by atoms with E-state index in [4.69, 9.17) is 5.73 Å². The van der Waals surface area contributed by atoms with Crippen molar-refractivity contribution in [2.75, 3.05) is 0 Å². The van der Waals surface area contributed by atoms with E-state index in [1.807, 2.05) is 6.07 Å². The van der Waals surface area contributed by atoms with Gasteiger partial charge in [-0.1, -0.05) is 0 Å². The van der Waals surface area contributed by atoms with Crippen molar-refractivity contribution in [3.63, 3.8) is 0 Å². The van der Waals surface area contributed by atoms with E-state index in [0.29, 0.717) is 0 Å². The Bertz CT molecular complexity index is 1720. The highest BCUT2D eigenvalue weighted by Crippen LogP contribution is 2.47. The van der Waals surface area contributed by atoms with Gasteiger partial charge in [0, 0.05) is 5.56 Å². The van der Waals surface area contributed by atoms with Crippen molar-refractivity contribution in [2.45, 2.75) is 12.4 Å². The molecule has 0 fully saturated rings. The van der Waals surface area contributed by atoms with Crippen molar-refractivity contribution in [3.8, 4) is 27.2 Å². The van der Waals surface area contributed by atoms with Gasteiger partial charge in [-0.05, 0) is 36.4 Å². The lowest BCUT2D eigenvalue weighted by atomic mass is 10.1. The Morgan fingerprint density at radius 2 is 1.28 bits per heavy atom. The second-order valence-corrected chi connectivity index (χ2v) is 10.5. The van der Waals surface area contributed by atoms with Crippen molar-refractivity contribution >= 4 is 60.4 Å². The molecule has 0 aliphatic carbocycles. The minimum atomic E-state index is -4.57. The number of nitrogens with zero attached hydrogens (tertiary/aromatic N) is 3.